The Kier molecular flexibility index (Phi) is 9.43. The zero-order valence-corrected chi connectivity index (χ0v) is 17.3. The number of aliphatic imine (C=N–C) groups is 1. The lowest BCUT2D eigenvalue weighted by Crippen LogP contribution is -2.41. The fraction of sp³-hybridized carbons (Fsp3) is 0.611. The van der Waals surface area contributed by atoms with Crippen LogP contribution >= 0.6 is 24.0 Å². The standard InChI is InChI=1S/C18H30N4O.HI/c1-22(2)16(15-11-7-8-12-17(15)23-3)13-20-18(19)21-14-9-5-4-6-10-14;/h7-8,11-12,14,16H,4-6,9-10,13H2,1-3H3,(H3,19,20,21);1H. The minimum Gasteiger partial charge on any atom is -0.496 e. The number of hydrogen-bond donors (Lipinski definition) is 2. The summed E-state index contributed by atoms with van der Waals surface area (Å²) in [6.45, 7) is 0.610. The Hall–Kier alpha value is -1.02. The molecule has 1 fully saturated rings. The average molecular weight is 446 g/mol. The fourth-order valence-electron chi connectivity index (χ4n) is 3.17. The van der Waals surface area contributed by atoms with Gasteiger partial charge in [-0.15, -0.1) is 24.0 Å². The summed E-state index contributed by atoms with van der Waals surface area (Å²) in [6.07, 6.45) is 6.30. The van der Waals surface area contributed by atoms with E-state index in [4.69, 9.17) is 10.5 Å². The molecular formula is C18H31IN4O. The van der Waals surface area contributed by atoms with E-state index in [-0.39, 0.29) is 30.0 Å². The molecule has 136 valence electrons. The van der Waals surface area contributed by atoms with Crippen molar-refractivity contribution in [1.29, 1.82) is 0 Å². The third-order valence-corrected chi connectivity index (χ3v) is 4.51. The van der Waals surface area contributed by atoms with Crippen LogP contribution in [0.4, 0.5) is 0 Å². The van der Waals surface area contributed by atoms with Gasteiger partial charge in [0.25, 0.3) is 0 Å². The highest BCUT2D eigenvalue weighted by molar-refractivity contribution is 14.0. The van der Waals surface area contributed by atoms with Crippen molar-refractivity contribution in [2.45, 2.75) is 44.2 Å². The number of ether oxygens (including phenoxy) is 1. The quantitative estimate of drug-likeness (QED) is 0.401. The van der Waals surface area contributed by atoms with Gasteiger partial charge in [0.05, 0.1) is 19.7 Å². The Balaban J connectivity index is 0.00000288. The second kappa shape index (κ2) is 10.8. The molecule has 1 aromatic rings. The van der Waals surface area contributed by atoms with E-state index in [0.29, 0.717) is 18.5 Å². The van der Waals surface area contributed by atoms with Crippen molar-refractivity contribution in [2.75, 3.05) is 27.7 Å². The Morgan fingerprint density at radius 1 is 1.29 bits per heavy atom. The number of benzene rings is 1. The normalized spacial score (nSPS) is 17.2. The van der Waals surface area contributed by atoms with E-state index >= 15 is 0 Å². The number of nitrogens with two attached hydrogens (primary N) is 1. The minimum absolute atomic E-state index is 0. The number of para-hydroxylation sites is 1. The van der Waals surface area contributed by atoms with E-state index in [0.717, 1.165) is 11.3 Å². The van der Waals surface area contributed by atoms with Gasteiger partial charge in [-0.25, -0.2) is 0 Å². The Bertz CT molecular complexity index is 515. The van der Waals surface area contributed by atoms with Gasteiger partial charge in [0.2, 0.25) is 0 Å². The highest BCUT2D eigenvalue weighted by atomic mass is 127. The van der Waals surface area contributed by atoms with E-state index < -0.39 is 0 Å². The van der Waals surface area contributed by atoms with Crippen LogP contribution in [-0.2, 0) is 0 Å². The van der Waals surface area contributed by atoms with Crippen LogP contribution in [-0.4, -0.2) is 44.7 Å². The molecule has 3 N–H and O–H groups in total. The molecule has 5 nitrogen and oxygen atoms in total. The molecule has 0 aromatic heterocycles. The van der Waals surface area contributed by atoms with Gasteiger partial charge in [-0.3, -0.25) is 4.99 Å². The van der Waals surface area contributed by atoms with Crippen molar-refractivity contribution in [3.63, 3.8) is 0 Å². The number of hydrogen-bond acceptors (Lipinski definition) is 3. The maximum atomic E-state index is 6.09. The fourth-order valence-corrected chi connectivity index (χ4v) is 3.17. The van der Waals surface area contributed by atoms with E-state index in [1.54, 1.807) is 7.11 Å². The lowest BCUT2D eigenvalue weighted by atomic mass is 9.96. The molecule has 6 heteroatoms. The van der Waals surface area contributed by atoms with Crippen molar-refractivity contribution in [2.24, 2.45) is 10.7 Å². The number of rotatable bonds is 6. The molecule has 0 amide bonds. The van der Waals surface area contributed by atoms with E-state index in [1.165, 1.54) is 32.1 Å². The molecule has 0 heterocycles. The van der Waals surface area contributed by atoms with Gasteiger partial charge >= 0.3 is 0 Å². The second-order valence-electron chi connectivity index (χ2n) is 6.43. The molecule has 1 aliphatic rings. The van der Waals surface area contributed by atoms with Crippen molar-refractivity contribution in [3.05, 3.63) is 29.8 Å². The van der Waals surface area contributed by atoms with Gasteiger partial charge in [-0.05, 0) is 33.0 Å². The third-order valence-electron chi connectivity index (χ3n) is 4.51. The smallest absolute Gasteiger partial charge is 0.188 e. The third kappa shape index (κ3) is 6.12. The molecular weight excluding hydrogens is 415 g/mol. The number of halogens is 1. The SMILES string of the molecule is COc1ccccc1C(CN=C(N)NC1CCCCC1)N(C)C.I. The van der Waals surface area contributed by atoms with Crippen LogP contribution in [0.3, 0.4) is 0 Å². The molecule has 24 heavy (non-hydrogen) atoms. The summed E-state index contributed by atoms with van der Waals surface area (Å²) in [4.78, 5) is 6.73. The lowest BCUT2D eigenvalue weighted by Gasteiger charge is -2.26. The van der Waals surface area contributed by atoms with E-state index in [1.807, 2.05) is 18.2 Å². The first kappa shape index (κ1) is 21.0. The van der Waals surface area contributed by atoms with Crippen molar-refractivity contribution in [3.8, 4) is 5.75 Å². The number of guanidine groups is 1. The maximum Gasteiger partial charge on any atom is 0.188 e. The van der Waals surface area contributed by atoms with Crippen LogP contribution in [0.1, 0.15) is 43.7 Å². The predicted octanol–water partition coefficient (Wildman–Crippen LogP) is 3.15. The first-order chi connectivity index (χ1) is 11.1. The number of methoxy groups -OCH3 is 1. The zero-order chi connectivity index (χ0) is 16.7. The molecule has 1 unspecified atom stereocenters. The molecule has 1 atom stereocenters. The van der Waals surface area contributed by atoms with Crippen LogP contribution in [0.25, 0.3) is 0 Å². The first-order valence-corrected chi connectivity index (χ1v) is 8.47. The molecule has 2 rings (SSSR count). The van der Waals surface area contributed by atoms with Gasteiger partial charge < -0.3 is 20.7 Å². The number of nitrogens with one attached hydrogen (secondary N) is 1. The molecule has 0 saturated heterocycles. The number of nitrogens with zero attached hydrogens (tertiary/aromatic N) is 2. The van der Waals surface area contributed by atoms with E-state index in [9.17, 15) is 0 Å². The van der Waals surface area contributed by atoms with Gasteiger partial charge in [0.1, 0.15) is 5.75 Å². The summed E-state index contributed by atoms with van der Waals surface area (Å²) in [6, 6.07) is 8.71. The molecule has 0 aliphatic heterocycles. The molecule has 0 radical (unpaired) electrons. The van der Waals surface area contributed by atoms with Crippen LogP contribution in [0, 0.1) is 0 Å². The first-order valence-electron chi connectivity index (χ1n) is 8.47. The van der Waals surface area contributed by atoms with Crippen LogP contribution in [0.5, 0.6) is 5.75 Å². The zero-order valence-electron chi connectivity index (χ0n) is 15.0. The molecule has 1 saturated carbocycles. The van der Waals surface area contributed by atoms with Gasteiger partial charge in [-0.2, -0.15) is 0 Å². The summed E-state index contributed by atoms with van der Waals surface area (Å²) in [7, 11) is 5.81. The minimum atomic E-state index is 0. The lowest BCUT2D eigenvalue weighted by molar-refractivity contribution is 0.295. The summed E-state index contributed by atoms with van der Waals surface area (Å²) in [5, 5.41) is 3.37. The monoisotopic (exact) mass is 446 g/mol. The summed E-state index contributed by atoms with van der Waals surface area (Å²) in [5.74, 6) is 1.44. The molecule has 1 aromatic carbocycles. The van der Waals surface area contributed by atoms with E-state index in [2.05, 4.69) is 35.4 Å². The topological polar surface area (TPSA) is 62.9 Å². The average Bonchev–Trinajstić information content (AvgIpc) is 2.56. The summed E-state index contributed by atoms with van der Waals surface area (Å²) < 4.78 is 5.48. The summed E-state index contributed by atoms with van der Waals surface area (Å²) in [5.41, 5.74) is 7.22. The Morgan fingerprint density at radius 3 is 2.58 bits per heavy atom. The Morgan fingerprint density at radius 2 is 1.96 bits per heavy atom. The molecule has 0 bridgehead atoms. The van der Waals surface area contributed by atoms with Crippen LogP contribution < -0.4 is 15.8 Å². The molecule has 0 spiro atoms. The Labute approximate surface area is 163 Å². The van der Waals surface area contributed by atoms with Crippen molar-refractivity contribution in [1.82, 2.24) is 10.2 Å². The largest absolute Gasteiger partial charge is 0.496 e. The maximum absolute atomic E-state index is 6.09. The second-order valence-corrected chi connectivity index (χ2v) is 6.43. The van der Waals surface area contributed by atoms with Crippen molar-refractivity contribution >= 4 is 29.9 Å². The van der Waals surface area contributed by atoms with Gasteiger partial charge in [0.15, 0.2) is 5.96 Å². The van der Waals surface area contributed by atoms with Gasteiger partial charge in [0, 0.05) is 11.6 Å². The summed E-state index contributed by atoms with van der Waals surface area (Å²) >= 11 is 0. The molecule has 1 aliphatic carbocycles. The highest BCUT2D eigenvalue weighted by Gasteiger charge is 2.18. The van der Waals surface area contributed by atoms with Crippen LogP contribution in [0.2, 0.25) is 0 Å². The van der Waals surface area contributed by atoms with Gasteiger partial charge in [-0.1, -0.05) is 37.5 Å². The number of likely N-dealkylation sites (N-methyl/N-ethyl adjacent to an activating group) is 1. The predicted molar refractivity (Wildman–Crippen MR) is 111 cm³/mol. The highest BCUT2D eigenvalue weighted by Crippen LogP contribution is 2.28. The van der Waals surface area contributed by atoms with Crippen LogP contribution in [0.15, 0.2) is 29.3 Å². The van der Waals surface area contributed by atoms with Crippen molar-refractivity contribution < 1.29 is 4.74 Å².